The number of ether oxygens (including phenoxy) is 1. The fourth-order valence-electron chi connectivity index (χ4n) is 4.26. The zero-order valence-corrected chi connectivity index (χ0v) is 20.3. The maximum atomic E-state index is 12.7. The first-order chi connectivity index (χ1) is 16.0. The van der Waals surface area contributed by atoms with Crippen molar-refractivity contribution in [1.82, 2.24) is 14.9 Å². The van der Waals surface area contributed by atoms with Crippen LogP contribution in [-0.2, 0) is 22.5 Å². The van der Waals surface area contributed by atoms with Gasteiger partial charge in [0.15, 0.2) is 0 Å². The summed E-state index contributed by atoms with van der Waals surface area (Å²) >= 11 is 2.00. The molecule has 0 aliphatic carbocycles. The van der Waals surface area contributed by atoms with Gasteiger partial charge in [0.1, 0.15) is 0 Å². The van der Waals surface area contributed by atoms with Crippen LogP contribution in [0.5, 0.6) is 0 Å². The van der Waals surface area contributed by atoms with Gasteiger partial charge in [0.25, 0.3) is 5.56 Å². The lowest BCUT2D eigenvalue weighted by molar-refractivity contribution is -0.116. The minimum Gasteiger partial charge on any atom is -0.378 e. The number of anilines is 2. The highest BCUT2D eigenvalue weighted by Gasteiger charge is 2.18. The van der Waals surface area contributed by atoms with Gasteiger partial charge in [0, 0.05) is 67.6 Å². The molecule has 3 heterocycles. The van der Waals surface area contributed by atoms with Crippen LogP contribution in [0.1, 0.15) is 28.8 Å². The van der Waals surface area contributed by atoms with E-state index in [9.17, 15) is 9.59 Å². The molecule has 0 radical (unpaired) electrons. The summed E-state index contributed by atoms with van der Waals surface area (Å²) in [7, 11) is 0. The van der Waals surface area contributed by atoms with Crippen molar-refractivity contribution in [2.45, 2.75) is 33.2 Å². The summed E-state index contributed by atoms with van der Waals surface area (Å²) in [5, 5.41) is 3.04. The van der Waals surface area contributed by atoms with Crippen molar-refractivity contribution in [2.75, 3.05) is 61.1 Å². The van der Waals surface area contributed by atoms with Crippen LogP contribution in [-0.4, -0.2) is 71.7 Å². The number of aromatic nitrogens is 2. The number of benzene rings is 1. The van der Waals surface area contributed by atoms with E-state index in [1.165, 1.54) is 17.1 Å². The van der Waals surface area contributed by atoms with Crippen LogP contribution in [0, 0.1) is 13.8 Å². The van der Waals surface area contributed by atoms with Gasteiger partial charge in [-0.2, -0.15) is 11.8 Å². The quantitative estimate of drug-likeness (QED) is 0.641. The average Bonchev–Trinajstić information content (AvgIpc) is 2.82. The number of morpholine rings is 1. The van der Waals surface area contributed by atoms with E-state index in [4.69, 9.17) is 4.74 Å². The van der Waals surface area contributed by atoms with E-state index in [-0.39, 0.29) is 17.9 Å². The number of hydrogen-bond donors (Lipinski definition) is 2. The van der Waals surface area contributed by atoms with Crippen LogP contribution in [0.4, 0.5) is 11.6 Å². The highest BCUT2D eigenvalue weighted by Crippen LogP contribution is 2.22. The zero-order chi connectivity index (χ0) is 23.2. The SMILES string of the molecule is Cc1nc(N2CCOCC2)[nH]c(=O)c1CCC(=O)Nc1cccc(CN2CCSCC2)c1C. The third-order valence-corrected chi connectivity index (χ3v) is 7.28. The van der Waals surface area contributed by atoms with Gasteiger partial charge in [-0.05, 0) is 37.5 Å². The third kappa shape index (κ3) is 6.16. The zero-order valence-electron chi connectivity index (χ0n) is 19.5. The second-order valence-electron chi connectivity index (χ2n) is 8.58. The van der Waals surface area contributed by atoms with Gasteiger partial charge in [-0.1, -0.05) is 12.1 Å². The number of aromatic amines is 1. The number of hydrogen-bond acceptors (Lipinski definition) is 7. The molecule has 0 saturated carbocycles. The largest absolute Gasteiger partial charge is 0.378 e. The van der Waals surface area contributed by atoms with E-state index in [1.807, 2.05) is 35.7 Å². The lowest BCUT2D eigenvalue weighted by atomic mass is 10.1. The van der Waals surface area contributed by atoms with Crippen LogP contribution in [0.15, 0.2) is 23.0 Å². The van der Waals surface area contributed by atoms with Gasteiger partial charge in [-0.3, -0.25) is 19.5 Å². The fraction of sp³-hybridized carbons (Fsp3) is 0.542. The molecule has 178 valence electrons. The number of nitrogens with one attached hydrogen (secondary N) is 2. The van der Waals surface area contributed by atoms with Crippen LogP contribution in [0.2, 0.25) is 0 Å². The molecule has 2 N–H and O–H groups in total. The first-order valence-electron chi connectivity index (χ1n) is 11.6. The molecule has 9 heteroatoms. The molecule has 0 bridgehead atoms. The van der Waals surface area contributed by atoms with E-state index in [2.05, 4.69) is 33.2 Å². The van der Waals surface area contributed by atoms with E-state index in [0.717, 1.165) is 30.9 Å². The maximum absolute atomic E-state index is 12.7. The van der Waals surface area contributed by atoms with Crippen molar-refractivity contribution in [3.63, 3.8) is 0 Å². The van der Waals surface area contributed by atoms with E-state index >= 15 is 0 Å². The minimum atomic E-state index is -0.172. The van der Waals surface area contributed by atoms with E-state index in [0.29, 0.717) is 49.9 Å². The van der Waals surface area contributed by atoms with Gasteiger partial charge in [0.05, 0.1) is 13.2 Å². The Kier molecular flexibility index (Phi) is 8.06. The lowest BCUT2D eigenvalue weighted by Crippen LogP contribution is -2.38. The highest BCUT2D eigenvalue weighted by atomic mass is 32.2. The van der Waals surface area contributed by atoms with Crippen molar-refractivity contribution < 1.29 is 9.53 Å². The third-order valence-electron chi connectivity index (χ3n) is 6.34. The van der Waals surface area contributed by atoms with Crippen molar-refractivity contribution in [3.05, 3.63) is 50.9 Å². The van der Waals surface area contributed by atoms with Crippen LogP contribution >= 0.6 is 11.8 Å². The van der Waals surface area contributed by atoms with Crippen LogP contribution < -0.4 is 15.8 Å². The molecule has 1 amide bonds. The Labute approximate surface area is 199 Å². The molecule has 0 spiro atoms. The number of carbonyl (C=O) groups excluding carboxylic acids is 1. The molecule has 2 aliphatic rings. The van der Waals surface area contributed by atoms with Crippen molar-refractivity contribution >= 4 is 29.3 Å². The molecule has 2 aromatic rings. The van der Waals surface area contributed by atoms with Gasteiger partial charge >= 0.3 is 0 Å². The standard InChI is InChI=1S/C24H33N5O3S/c1-17-19(16-28-10-14-33-15-11-28)4-3-5-21(17)26-22(30)7-6-20-18(2)25-24(27-23(20)31)29-8-12-32-13-9-29/h3-5H,6-16H2,1-2H3,(H,26,30)(H,25,27,31). The Bertz CT molecular complexity index is 1030. The van der Waals surface area contributed by atoms with Crippen molar-refractivity contribution in [3.8, 4) is 0 Å². The lowest BCUT2D eigenvalue weighted by Gasteiger charge is -2.27. The average molecular weight is 472 g/mol. The summed E-state index contributed by atoms with van der Waals surface area (Å²) in [5.74, 6) is 2.83. The Balaban J connectivity index is 1.36. The minimum absolute atomic E-state index is 0.0966. The summed E-state index contributed by atoms with van der Waals surface area (Å²) in [6.07, 6.45) is 0.586. The topological polar surface area (TPSA) is 90.6 Å². The predicted molar refractivity (Wildman–Crippen MR) is 133 cm³/mol. The number of carbonyl (C=O) groups is 1. The first kappa shape index (κ1) is 23.8. The Morgan fingerprint density at radius 3 is 2.67 bits per heavy atom. The smallest absolute Gasteiger partial charge is 0.255 e. The number of H-pyrrole nitrogens is 1. The number of rotatable bonds is 7. The van der Waals surface area contributed by atoms with Crippen LogP contribution in [0.3, 0.4) is 0 Å². The number of thioether (sulfide) groups is 1. The number of aryl methyl sites for hydroxylation is 1. The molecule has 1 aromatic heterocycles. The fourth-order valence-corrected chi connectivity index (χ4v) is 5.24. The summed E-state index contributed by atoms with van der Waals surface area (Å²) in [5.41, 5.74) is 4.26. The molecular weight excluding hydrogens is 438 g/mol. The second kappa shape index (κ2) is 11.2. The molecule has 2 aliphatic heterocycles. The van der Waals surface area contributed by atoms with Crippen molar-refractivity contribution in [1.29, 1.82) is 0 Å². The molecule has 4 rings (SSSR count). The van der Waals surface area contributed by atoms with E-state index < -0.39 is 0 Å². The molecule has 2 saturated heterocycles. The number of nitrogens with zero attached hydrogens (tertiary/aromatic N) is 3. The molecule has 2 fully saturated rings. The van der Waals surface area contributed by atoms with Gasteiger partial charge in [0.2, 0.25) is 11.9 Å². The van der Waals surface area contributed by atoms with E-state index in [1.54, 1.807) is 0 Å². The molecule has 8 nitrogen and oxygen atoms in total. The molecule has 0 unspecified atom stereocenters. The first-order valence-corrected chi connectivity index (χ1v) is 12.8. The van der Waals surface area contributed by atoms with Crippen molar-refractivity contribution in [2.24, 2.45) is 0 Å². The Hall–Kier alpha value is -2.36. The Morgan fingerprint density at radius 1 is 1.18 bits per heavy atom. The monoisotopic (exact) mass is 471 g/mol. The maximum Gasteiger partial charge on any atom is 0.255 e. The molecule has 1 aromatic carbocycles. The summed E-state index contributed by atoms with van der Waals surface area (Å²) in [6.45, 7) is 9.68. The van der Waals surface area contributed by atoms with Gasteiger partial charge in [-0.15, -0.1) is 0 Å². The summed E-state index contributed by atoms with van der Waals surface area (Å²) in [6, 6.07) is 6.08. The predicted octanol–water partition coefficient (Wildman–Crippen LogP) is 2.34. The summed E-state index contributed by atoms with van der Waals surface area (Å²) < 4.78 is 5.36. The number of amides is 1. The van der Waals surface area contributed by atoms with Crippen LogP contribution in [0.25, 0.3) is 0 Å². The Morgan fingerprint density at radius 2 is 1.94 bits per heavy atom. The molecule has 33 heavy (non-hydrogen) atoms. The van der Waals surface area contributed by atoms with Gasteiger partial charge in [-0.25, -0.2) is 4.98 Å². The molecular formula is C24H33N5O3S. The second-order valence-corrected chi connectivity index (χ2v) is 9.80. The normalized spacial score (nSPS) is 17.2. The molecule has 0 atom stereocenters. The van der Waals surface area contributed by atoms with Gasteiger partial charge < -0.3 is 15.0 Å². The summed E-state index contributed by atoms with van der Waals surface area (Å²) in [4.78, 5) is 37.3. The highest BCUT2D eigenvalue weighted by molar-refractivity contribution is 7.99.